The minimum absolute atomic E-state index is 0.0735. The second-order valence-electron chi connectivity index (χ2n) is 7.63. The van der Waals surface area contributed by atoms with Gasteiger partial charge >= 0.3 is 6.09 Å². The van der Waals surface area contributed by atoms with Crippen molar-refractivity contribution in [1.29, 1.82) is 0 Å². The van der Waals surface area contributed by atoms with Crippen molar-refractivity contribution in [2.24, 2.45) is 7.05 Å². The Bertz CT molecular complexity index is 904. The number of carbonyl (C=O) groups is 1. The number of hydrogen-bond donors (Lipinski definition) is 0. The lowest BCUT2D eigenvalue weighted by molar-refractivity contribution is 0.0198. The number of fused-ring (bicyclic) bond motifs is 1. The van der Waals surface area contributed by atoms with Crippen LogP contribution in [0.25, 0.3) is 11.0 Å². The number of hydrogen-bond acceptors (Lipinski definition) is 5. The van der Waals surface area contributed by atoms with Gasteiger partial charge < -0.3 is 9.64 Å². The fourth-order valence-corrected chi connectivity index (χ4v) is 3.46. The summed E-state index contributed by atoms with van der Waals surface area (Å²) in [7, 11) is 1.67. The topological polar surface area (TPSA) is 77.3 Å². The molecule has 1 unspecified atom stereocenters. The predicted molar refractivity (Wildman–Crippen MR) is 99.6 cm³/mol. The Kier molecular flexibility index (Phi) is 4.92. The Morgan fingerprint density at radius 3 is 2.77 bits per heavy atom. The molecule has 2 aromatic heterocycles. The van der Waals surface area contributed by atoms with Crippen molar-refractivity contribution in [2.75, 3.05) is 13.1 Å². The number of ether oxygens (including phenoxy) is 1. The van der Waals surface area contributed by atoms with E-state index in [1.807, 2.05) is 20.8 Å². The minimum atomic E-state index is -0.548. The zero-order chi connectivity index (χ0) is 19.1. The van der Waals surface area contributed by atoms with Gasteiger partial charge in [-0.3, -0.25) is 9.36 Å². The summed E-state index contributed by atoms with van der Waals surface area (Å²) in [5.74, 6) is -0.0735. The van der Waals surface area contributed by atoms with E-state index in [2.05, 4.69) is 9.97 Å². The van der Waals surface area contributed by atoms with Crippen LogP contribution in [0.15, 0.2) is 17.2 Å². The molecule has 0 spiro atoms. The molecule has 7 nitrogen and oxygen atoms in total. The van der Waals surface area contributed by atoms with E-state index in [9.17, 15) is 9.59 Å². The molecule has 1 aliphatic heterocycles. The Morgan fingerprint density at radius 2 is 2.08 bits per heavy atom. The summed E-state index contributed by atoms with van der Waals surface area (Å²) in [5.41, 5.74) is 0.459. The number of piperidine rings is 1. The Hall–Kier alpha value is -2.15. The molecule has 2 aromatic rings. The first-order valence-corrected chi connectivity index (χ1v) is 9.03. The summed E-state index contributed by atoms with van der Waals surface area (Å²) in [6, 6.07) is 1.77. The fraction of sp³-hybridized carbons (Fsp3) is 0.556. The number of aromatic nitrogens is 3. The number of halogens is 1. The van der Waals surface area contributed by atoms with Crippen LogP contribution in [0.5, 0.6) is 0 Å². The third-order valence-corrected chi connectivity index (χ3v) is 4.80. The van der Waals surface area contributed by atoms with E-state index in [1.165, 1.54) is 10.9 Å². The van der Waals surface area contributed by atoms with Crippen LogP contribution in [0.4, 0.5) is 4.79 Å². The molecule has 1 atom stereocenters. The number of amides is 1. The highest BCUT2D eigenvalue weighted by Crippen LogP contribution is 2.28. The van der Waals surface area contributed by atoms with E-state index < -0.39 is 5.60 Å². The predicted octanol–water partition coefficient (Wildman–Crippen LogP) is 3.10. The average Bonchev–Trinajstić information content (AvgIpc) is 2.57. The van der Waals surface area contributed by atoms with Gasteiger partial charge in [-0.2, -0.15) is 0 Å². The lowest BCUT2D eigenvalue weighted by Gasteiger charge is -2.34. The van der Waals surface area contributed by atoms with Gasteiger partial charge in [0.1, 0.15) is 22.7 Å². The number of likely N-dealkylation sites (tertiary alicyclic amines) is 1. The molecule has 1 amide bonds. The third kappa shape index (κ3) is 3.67. The first-order valence-electron chi connectivity index (χ1n) is 8.65. The quantitative estimate of drug-likeness (QED) is 0.712. The van der Waals surface area contributed by atoms with Gasteiger partial charge in [0, 0.05) is 31.6 Å². The standard InChI is InChI=1S/C18H23ClN4O3/c1-18(2,3)26-17(25)23-7-5-6-11(9-23)12-8-13-14(19)20-10-21-15(13)22(4)16(12)24/h8,10-11H,5-7,9H2,1-4H3. The van der Waals surface area contributed by atoms with E-state index in [-0.39, 0.29) is 17.6 Å². The van der Waals surface area contributed by atoms with Crippen LogP contribution in [0.2, 0.25) is 5.15 Å². The molecular formula is C18H23ClN4O3. The highest BCUT2D eigenvalue weighted by atomic mass is 35.5. The second kappa shape index (κ2) is 6.87. The summed E-state index contributed by atoms with van der Waals surface area (Å²) < 4.78 is 6.96. The molecule has 26 heavy (non-hydrogen) atoms. The van der Waals surface area contributed by atoms with E-state index in [1.54, 1.807) is 18.0 Å². The number of aryl methyl sites for hydroxylation is 1. The van der Waals surface area contributed by atoms with Gasteiger partial charge in [-0.15, -0.1) is 0 Å². The van der Waals surface area contributed by atoms with Gasteiger partial charge in [0.15, 0.2) is 0 Å². The highest BCUT2D eigenvalue weighted by molar-refractivity contribution is 6.33. The van der Waals surface area contributed by atoms with Gasteiger partial charge in [0.05, 0.1) is 5.39 Å². The Labute approximate surface area is 156 Å². The minimum Gasteiger partial charge on any atom is -0.444 e. The average molecular weight is 379 g/mol. The highest BCUT2D eigenvalue weighted by Gasteiger charge is 2.30. The van der Waals surface area contributed by atoms with E-state index in [0.29, 0.717) is 34.8 Å². The summed E-state index contributed by atoms with van der Waals surface area (Å²) in [5, 5.41) is 0.951. The molecule has 1 fully saturated rings. The van der Waals surface area contributed by atoms with Gasteiger partial charge in [0.25, 0.3) is 5.56 Å². The van der Waals surface area contributed by atoms with Crippen molar-refractivity contribution in [3.8, 4) is 0 Å². The van der Waals surface area contributed by atoms with E-state index >= 15 is 0 Å². The van der Waals surface area contributed by atoms with Crippen LogP contribution in [-0.2, 0) is 11.8 Å². The Balaban J connectivity index is 1.94. The first kappa shape index (κ1) is 18.6. The molecule has 1 saturated heterocycles. The van der Waals surface area contributed by atoms with Crippen molar-refractivity contribution in [3.63, 3.8) is 0 Å². The molecule has 0 N–H and O–H groups in total. The van der Waals surface area contributed by atoms with Crippen molar-refractivity contribution in [2.45, 2.75) is 45.1 Å². The lowest BCUT2D eigenvalue weighted by Crippen LogP contribution is -2.43. The number of rotatable bonds is 1. The van der Waals surface area contributed by atoms with Crippen molar-refractivity contribution < 1.29 is 9.53 Å². The molecule has 140 valence electrons. The molecule has 0 aliphatic carbocycles. The largest absolute Gasteiger partial charge is 0.444 e. The maximum atomic E-state index is 12.8. The second-order valence-corrected chi connectivity index (χ2v) is 7.99. The zero-order valence-electron chi connectivity index (χ0n) is 15.5. The molecule has 0 saturated carbocycles. The zero-order valence-corrected chi connectivity index (χ0v) is 16.2. The number of nitrogens with zero attached hydrogens (tertiary/aromatic N) is 4. The first-order chi connectivity index (χ1) is 12.2. The summed E-state index contributed by atoms with van der Waals surface area (Å²) >= 11 is 6.19. The van der Waals surface area contributed by atoms with Crippen LogP contribution in [0, 0.1) is 0 Å². The summed E-state index contributed by atoms with van der Waals surface area (Å²) in [6.07, 6.45) is 2.63. The lowest BCUT2D eigenvalue weighted by atomic mass is 9.91. The number of carbonyl (C=O) groups excluding carboxylic acids is 1. The Morgan fingerprint density at radius 1 is 1.35 bits per heavy atom. The van der Waals surface area contributed by atoms with Gasteiger partial charge in [0.2, 0.25) is 0 Å². The van der Waals surface area contributed by atoms with Crippen molar-refractivity contribution in [1.82, 2.24) is 19.4 Å². The van der Waals surface area contributed by atoms with Crippen LogP contribution < -0.4 is 5.56 Å². The third-order valence-electron chi connectivity index (χ3n) is 4.50. The molecule has 1 aliphatic rings. The maximum absolute atomic E-state index is 12.8. The molecule has 0 aromatic carbocycles. The van der Waals surface area contributed by atoms with Crippen LogP contribution in [0.1, 0.15) is 45.1 Å². The molecule has 0 bridgehead atoms. The van der Waals surface area contributed by atoms with Gasteiger partial charge in [-0.25, -0.2) is 14.8 Å². The van der Waals surface area contributed by atoms with Crippen LogP contribution in [0.3, 0.4) is 0 Å². The van der Waals surface area contributed by atoms with Crippen LogP contribution >= 0.6 is 11.6 Å². The van der Waals surface area contributed by atoms with E-state index in [4.69, 9.17) is 16.3 Å². The van der Waals surface area contributed by atoms with Crippen molar-refractivity contribution >= 4 is 28.7 Å². The SMILES string of the molecule is Cn1c(=O)c(C2CCCN(C(=O)OC(C)(C)C)C2)cc2c(Cl)ncnc21. The molecule has 3 rings (SSSR count). The van der Waals surface area contributed by atoms with Crippen LogP contribution in [-0.4, -0.2) is 44.2 Å². The smallest absolute Gasteiger partial charge is 0.410 e. The van der Waals surface area contributed by atoms with Gasteiger partial charge in [-0.1, -0.05) is 11.6 Å². The monoisotopic (exact) mass is 378 g/mol. The van der Waals surface area contributed by atoms with Gasteiger partial charge in [-0.05, 0) is 39.7 Å². The number of pyridine rings is 1. The molecule has 8 heteroatoms. The van der Waals surface area contributed by atoms with E-state index in [0.717, 1.165) is 12.8 Å². The fourth-order valence-electron chi connectivity index (χ4n) is 3.28. The molecule has 0 radical (unpaired) electrons. The summed E-state index contributed by atoms with van der Waals surface area (Å²) in [6.45, 7) is 6.60. The molecule has 3 heterocycles. The molecular weight excluding hydrogens is 356 g/mol. The normalized spacial score (nSPS) is 18.2. The van der Waals surface area contributed by atoms with Crippen molar-refractivity contribution in [3.05, 3.63) is 33.5 Å². The maximum Gasteiger partial charge on any atom is 0.410 e. The summed E-state index contributed by atoms with van der Waals surface area (Å²) in [4.78, 5) is 35.0.